The Morgan fingerprint density at radius 2 is 2.00 bits per heavy atom. The molecule has 0 aromatic heterocycles. The van der Waals surface area contributed by atoms with E-state index in [2.05, 4.69) is 47.4 Å². The summed E-state index contributed by atoms with van der Waals surface area (Å²) in [6.07, 6.45) is 2.13. The monoisotopic (exact) mass is 244 g/mol. The summed E-state index contributed by atoms with van der Waals surface area (Å²) in [5.41, 5.74) is 1.34. The van der Waals surface area contributed by atoms with Crippen LogP contribution in [0.4, 0.5) is 0 Å². The van der Waals surface area contributed by atoms with Crippen molar-refractivity contribution in [2.45, 2.75) is 5.82 Å². The first kappa shape index (κ1) is 9.91. The molecule has 12 heavy (non-hydrogen) atoms. The fraction of sp³-hybridized carbons (Fsp3) is 0.200. The molecule has 0 aliphatic rings. The molecule has 0 nitrogen and oxygen atoms in total. The number of hydrogen-bond acceptors (Lipinski definition) is 1. The number of rotatable bonds is 3. The topological polar surface area (TPSA) is 0 Å². The molecule has 1 rings (SSSR count). The zero-order valence-corrected chi connectivity index (χ0v) is 9.81. The van der Waals surface area contributed by atoms with E-state index in [4.69, 9.17) is 0 Å². The summed E-state index contributed by atoms with van der Waals surface area (Å²) in [6.45, 7) is 0. The van der Waals surface area contributed by atoms with Crippen LogP contribution in [0, 0.1) is 0 Å². The normalized spacial score (nSPS) is 11.7. The van der Waals surface area contributed by atoms with Gasteiger partial charge in [-0.1, -0.05) is 0 Å². The van der Waals surface area contributed by atoms with Gasteiger partial charge in [0.15, 0.2) is 0 Å². The fourth-order valence-electron chi connectivity index (χ4n) is 0.943. The molecule has 0 aliphatic heterocycles. The van der Waals surface area contributed by atoms with Crippen LogP contribution in [0.5, 0.6) is 0 Å². The minimum absolute atomic E-state index is 0.619. The van der Waals surface area contributed by atoms with Crippen molar-refractivity contribution in [3.05, 3.63) is 40.9 Å². The van der Waals surface area contributed by atoms with Crippen LogP contribution in [0.3, 0.4) is 0 Å². The van der Waals surface area contributed by atoms with Crippen LogP contribution in [0.2, 0.25) is 5.82 Å². The Bertz CT molecular complexity index is 254. The molecule has 64 valence electrons. The average Bonchev–Trinajstić information content (AvgIpc) is 2.15. The second kappa shape index (κ2) is 5.47. The van der Waals surface area contributed by atoms with Gasteiger partial charge in [0.25, 0.3) is 0 Å². The molecule has 0 atom stereocenters. The first-order chi connectivity index (χ1) is 5.88. The molecule has 0 saturated carbocycles. The van der Waals surface area contributed by atoms with E-state index in [0.29, 0.717) is 15.0 Å². The van der Waals surface area contributed by atoms with Crippen LogP contribution in [0.1, 0.15) is 5.56 Å². The van der Waals surface area contributed by atoms with Gasteiger partial charge >= 0.3 is 84.6 Å². The molecular formula is C10H12SSe. The maximum absolute atomic E-state index is 2.33. The van der Waals surface area contributed by atoms with Gasteiger partial charge in [-0.15, -0.1) is 0 Å². The van der Waals surface area contributed by atoms with Crippen molar-refractivity contribution in [1.29, 1.82) is 0 Å². The van der Waals surface area contributed by atoms with Crippen molar-refractivity contribution in [1.82, 2.24) is 0 Å². The molecule has 2 heteroatoms. The van der Waals surface area contributed by atoms with Crippen molar-refractivity contribution < 1.29 is 0 Å². The van der Waals surface area contributed by atoms with E-state index >= 15 is 0 Å². The molecule has 0 bridgehead atoms. The van der Waals surface area contributed by atoms with Crippen LogP contribution >= 0.6 is 11.8 Å². The second-order valence-corrected chi connectivity index (χ2v) is 4.62. The molecule has 1 aromatic rings. The van der Waals surface area contributed by atoms with E-state index in [9.17, 15) is 0 Å². The van der Waals surface area contributed by atoms with Gasteiger partial charge in [0, 0.05) is 0 Å². The zero-order valence-electron chi connectivity index (χ0n) is 7.28. The summed E-state index contributed by atoms with van der Waals surface area (Å²) in [5.74, 6) is 2.23. The van der Waals surface area contributed by atoms with E-state index < -0.39 is 0 Å². The SMILES string of the molecule is CS/C(=C/[Se]C)c1ccccc1. The van der Waals surface area contributed by atoms with Crippen molar-refractivity contribution in [2.75, 3.05) is 6.26 Å². The Morgan fingerprint density at radius 3 is 2.50 bits per heavy atom. The second-order valence-electron chi connectivity index (χ2n) is 2.29. The summed E-state index contributed by atoms with van der Waals surface area (Å²) in [6, 6.07) is 10.5. The minimum atomic E-state index is 0.619. The summed E-state index contributed by atoms with van der Waals surface area (Å²) in [5, 5.41) is 0. The molecule has 0 N–H and O–H groups in total. The van der Waals surface area contributed by atoms with Crippen molar-refractivity contribution in [3.63, 3.8) is 0 Å². The van der Waals surface area contributed by atoms with Crippen LogP contribution in [-0.4, -0.2) is 21.2 Å². The predicted molar refractivity (Wildman–Crippen MR) is 59.6 cm³/mol. The summed E-state index contributed by atoms with van der Waals surface area (Å²) < 4.78 is 0. The third kappa shape index (κ3) is 2.71. The van der Waals surface area contributed by atoms with E-state index in [-0.39, 0.29) is 0 Å². The third-order valence-electron chi connectivity index (χ3n) is 1.50. The summed E-state index contributed by atoms with van der Waals surface area (Å²) >= 11 is 2.44. The van der Waals surface area contributed by atoms with Gasteiger partial charge in [0.1, 0.15) is 0 Å². The molecule has 0 heterocycles. The first-order valence-corrected chi connectivity index (χ1v) is 7.63. The van der Waals surface area contributed by atoms with Crippen molar-refractivity contribution >= 4 is 31.6 Å². The Hall–Kier alpha value is -0.171. The predicted octanol–water partition coefficient (Wildman–Crippen LogP) is 3.10. The molecule has 0 amide bonds. The molecule has 0 fully saturated rings. The van der Waals surface area contributed by atoms with E-state index in [1.165, 1.54) is 10.5 Å². The van der Waals surface area contributed by atoms with Crippen LogP contribution < -0.4 is 0 Å². The maximum atomic E-state index is 2.33. The molecule has 0 unspecified atom stereocenters. The average molecular weight is 243 g/mol. The van der Waals surface area contributed by atoms with E-state index in [0.717, 1.165) is 0 Å². The Balaban J connectivity index is 2.88. The van der Waals surface area contributed by atoms with Crippen LogP contribution in [0.15, 0.2) is 35.3 Å². The fourth-order valence-corrected chi connectivity index (χ4v) is 3.25. The van der Waals surface area contributed by atoms with Gasteiger partial charge in [-0.05, 0) is 0 Å². The Labute approximate surface area is 84.6 Å². The molecular weight excluding hydrogens is 231 g/mol. The van der Waals surface area contributed by atoms with Gasteiger partial charge in [-0.2, -0.15) is 0 Å². The summed E-state index contributed by atoms with van der Waals surface area (Å²) in [4.78, 5) is 3.73. The molecule has 0 spiro atoms. The van der Waals surface area contributed by atoms with Crippen LogP contribution in [-0.2, 0) is 0 Å². The Kier molecular flexibility index (Phi) is 4.52. The number of hydrogen-bond donors (Lipinski definition) is 0. The zero-order chi connectivity index (χ0) is 8.81. The Morgan fingerprint density at radius 1 is 1.33 bits per heavy atom. The number of thioether (sulfide) groups is 1. The third-order valence-corrected chi connectivity index (χ3v) is 3.62. The van der Waals surface area contributed by atoms with Gasteiger partial charge in [-0.25, -0.2) is 0 Å². The van der Waals surface area contributed by atoms with Crippen LogP contribution in [0.25, 0.3) is 4.91 Å². The van der Waals surface area contributed by atoms with Crippen molar-refractivity contribution in [2.24, 2.45) is 0 Å². The van der Waals surface area contributed by atoms with E-state index in [1.807, 2.05) is 11.8 Å². The molecule has 0 radical (unpaired) electrons. The molecule has 1 aromatic carbocycles. The van der Waals surface area contributed by atoms with E-state index in [1.54, 1.807) is 0 Å². The van der Waals surface area contributed by atoms with Crippen molar-refractivity contribution in [3.8, 4) is 0 Å². The number of benzene rings is 1. The standard InChI is InChI=1S/C10H12SSe/c1-11-10(8-12-2)9-6-4-3-5-7-9/h3-8H,1-2H3/b10-8+. The molecule has 0 aliphatic carbocycles. The van der Waals surface area contributed by atoms with Gasteiger partial charge < -0.3 is 0 Å². The van der Waals surface area contributed by atoms with Gasteiger partial charge in [0.2, 0.25) is 0 Å². The van der Waals surface area contributed by atoms with Gasteiger partial charge in [0.05, 0.1) is 0 Å². The van der Waals surface area contributed by atoms with Gasteiger partial charge in [-0.3, -0.25) is 0 Å². The quantitative estimate of drug-likeness (QED) is 0.735. The summed E-state index contributed by atoms with van der Waals surface area (Å²) in [7, 11) is 0. The molecule has 0 saturated heterocycles. The first-order valence-electron chi connectivity index (χ1n) is 3.71.